The first-order valence-corrected chi connectivity index (χ1v) is 8.68. The molecule has 0 aromatic heterocycles. The van der Waals surface area contributed by atoms with Crippen molar-refractivity contribution in [1.82, 2.24) is 0 Å². The number of benzene rings is 2. The Morgan fingerprint density at radius 1 is 0.926 bits per heavy atom. The number of nitrogens with one attached hydrogen (secondary N) is 1. The van der Waals surface area contributed by atoms with E-state index in [1.165, 1.54) is 0 Å². The fourth-order valence-electron chi connectivity index (χ4n) is 2.38. The fourth-order valence-corrected chi connectivity index (χ4v) is 2.38. The molecule has 0 fully saturated rings. The highest BCUT2D eigenvalue weighted by Crippen LogP contribution is 2.12. The van der Waals surface area contributed by atoms with Gasteiger partial charge in [-0.25, -0.2) is 4.79 Å². The Labute approximate surface area is 158 Å². The second-order valence-electron chi connectivity index (χ2n) is 6.10. The molecule has 1 amide bonds. The number of anilines is 1. The van der Waals surface area contributed by atoms with Crippen molar-refractivity contribution in [2.45, 2.75) is 27.2 Å². The maximum atomic E-state index is 11.9. The van der Waals surface area contributed by atoms with E-state index in [0.717, 1.165) is 16.7 Å². The minimum Gasteiger partial charge on any atom is -0.462 e. The highest BCUT2D eigenvalue weighted by atomic mass is 16.5. The third-order valence-electron chi connectivity index (χ3n) is 3.96. The zero-order valence-electron chi connectivity index (χ0n) is 15.7. The van der Waals surface area contributed by atoms with Crippen molar-refractivity contribution in [2.24, 2.45) is 0 Å². The van der Waals surface area contributed by atoms with E-state index >= 15 is 0 Å². The Kier molecular flexibility index (Phi) is 7.11. The third kappa shape index (κ3) is 6.26. The highest BCUT2D eigenvalue weighted by Gasteiger charge is 2.10. The van der Waals surface area contributed by atoms with E-state index in [0.29, 0.717) is 17.9 Å². The largest absolute Gasteiger partial charge is 0.462 e. The second kappa shape index (κ2) is 9.52. The van der Waals surface area contributed by atoms with Crippen LogP contribution in [0.1, 0.15) is 34.0 Å². The Balaban J connectivity index is 1.80. The molecule has 0 radical (unpaired) electrons. The molecule has 0 saturated heterocycles. The molecular weight excluding hydrogens is 346 g/mol. The molecule has 6 nitrogen and oxygen atoms in total. The molecule has 2 aromatic rings. The first-order valence-electron chi connectivity index (χ1n) is 8.68. The van der Waals surface area contributed by atoms with Crippen molar-refractivity contribution in [3.05, 3.63) is 64.7 Å². The number of carbonyl (C=O) groups excluding carboxylic acids is 3. The van der Waals surface area contributed by atoms with Gasteiger partial charge in [0.15, 0.2) is 6.61 Å². The van der Waals surface area contributed by atoms with Crippen LogP contribution in [-0.4, -0.2) is 31.1 Å². The molecule has 0 saturated carbocycles. The molecule has 142 valence electrons. The summed E-state index contributed by atoms with van der Waals surface area (Å²) in [5, 5.41) is 2.61. The van der Waals surface area contributed by atoms with Crippen LogP contribution in [0.25, 0.3) is 0 Å². The van der Waals surface area contributed by atoms with Crippen LogP contribution in [0.15, 0.2) is 42.5 Å². The van der Waals surface area contributed by atoms with Crippen molar-refractivity contribution in [2.75, 3.05) is 18.5 Å². The first kappa shape index (κ1) is 20.2. The first-order chi connectivity index (χ1) is 12.9. The summed E-state index contributed by atoms with van der Waals surface area (Å²) in [6, 6.07) is 12.0. The average Bonchev–Trinajstić information content (AvgIpc) is 2.64. The molecule has 0 unspecified atom stereocenters. The highest BCUT2D eigenvalue weighted by molar-refractivity contribution is 5.94. The molecule has 0 spiro atoms. The summed E-state index contributed by atoms with van der Waals surface area (Å²) < 4.78 is 9.91. The van der Waals surface area contributed by atoms with E-state index in [1.807, 2.05) is 32.0 Å². The lowest BCUT2D eigenvalue weighted by atomic mass is 10.0. The summed E-state index contributed by atoms with van der Waals surface area (Å²) in [6.45, 7) is 5.63. The van der Waals surface area contributed by atoms with Gasteiger partial charge in [0.25, 0.3) is 5.91 Å². The zero-order chi connectivity index (χ0) is 19.8. The van der Waals surface area contributed by atoms with Gasteiger partial charge >= 0.3 is 11.9 Å². The molecular formula is C21H23NO5. The number of hydrogen-bond donors (Lipinski definition) is 1. The molecule has 0 atom stereocenters. The predicted octanol–water partition coefficient (Wildman–Crippen LogP) is 3.20. The molecule has 6 heteroatoms. The van der Waals surface area contributed by atoms with E-state index in [-0.39, 0.29) is 13.0 Å². The molecule has 0 heterocycles. The van der Waals surface area contributed by atoms with E-state index in [1.54, 1.807) is 31.2 Å². The molecule has 0 aliphatic rings. The molecule has 0 aliphatic heterocycles. The van der Waals surface area contributed by atoms with Gasteiger partial charge < -0.3 is 14.8 Å². The van der Waals surface area contributed by atoms with Gasteiger partial charge in [-0.15, -0.1) is 0 Å². The average molecular weight is 369 g/mol. The van der Waals surface area contributed by atoms with Crippen molar-refractivity contribution in [1.29, 1.82) is 0 Å². The van der Waals surface area contributed by atoms with Crippen LogP contribution < -0.4 is 5.32 Å². The summed E-state index contributed by atoms with van der Waals surface area (Å²) in [4.78, 5) is 35.4. The van der Waals surface area contributed by atoms with E-state index in [9.17, 15) is 14.4 Å². The Morgan fingerprint density at radius 3 is 2.26 bits per heavy atom. The maximum Gasteiger partial charge on any atom is 0.338 e. The van der Waals surface area contributed by atoms with Gasteiger partial charge in [-0.3, -0.25) is 9.59 Å². The molecule has 1 N–H and O–H groups in total. The van der Waals surface area contributed by atoms with Crippen molar-refractivity contribution in [3.8, 4) is 0 Å². The summed E-state index contributed by atoms with van der Waals surface area (Å²) >= 11 is 0. The molecule has 2 rings (SSSR count). The summed E-state index contributed by atoms with van der Waals surface area (Å²) in [7, 11) is 0. The van der Waals surface area contributed by atoms with E-state index < -0.39 is 17.8 Å². The fraction of sp³-hybridized carbons (Fsp3) is 0.286. The zero-order valence-corrected chi connectivity index (χ0v) is 15.7. The van der Waals surface area contributed by atoms with Crippen LogP contribution in [0.4, 0.5) is 5.69 Å². The van der Waals surface area contributed by atoms with Crippen molar-refractivity contribution in [3.63, 3.8) is 0 Å². The van der Waals surface area contributed by atoms with E-state index in [4.69, 9.17) is 9.47 Å². The number of aryl methyl sites for hydroxylation is 2. The summed E-state index contributed by atoms with van der Waals surface area (Å²) in [5.41, 5.74) is 4.00. The van der Waals surface area contributed by atoms with Gasteiger partial charge in [-0.1, -0.05) is 18.2 Å². The monoisotopic (exact) mass is 369 g/mol. The number of carbonyl (C=O) groups is 3. The van der Waals surface area contributed by atoms with Crippen LogP contribution in [0.2, 0.25) is 0 Å². The summed E-state index contributed by atoms with van der Waals surface area (Å²) in [6.07, 6.45) is 0.114. The van der Waals surface area contributed by atoms with Crippen molar-refractivity contribution >= 4 is 23.5 Å². The quantitative estimate of drug-likeness (QED) is 0.758. The van der Waals surface area contributed by atoms with Gasteiger partial charge in [-0.2, -0.15) is 0 Å². The number of rotatable bonds is 7. The van der Waals surface area contributed by atoms with Gasteiger partial charge in [0.2, 0.25) is 0 Å². The van der Waals surface area contributed by atoms with Gasteiger partial charge in [-0.05, 0) is 61.7 Å². The van der Waals surface area contributed by atoms with Gasteiger partial charge in [0.05, 0.1) is 18.6 Å². The smallest absolute Gasteiger partial charge is 0.338 e. The molecule has 0 bridgehead atoms. The van der Waals surface area contributed by atoms with E-state index in [2.05, 4.69) is 5.32 Å². The Bertz CT molecular complexity index is 827. The van der Waals surface area contributed by atoms with Crippen LogP contribution in [0, 0.1) is 13.8 Å². The number of esters is 2. The van der Waals surface area contributed by atoms with Gasteiger partial charge in [0, 0.05) is 5.69 Å². The topological polar surface area (TPSA) is 81.7 Å². The van der Waals surface area contributed by atoms with Crippen LogP contribution >= 0.6 is 0 Å². The molecule has 2 aromatic carbocycles. The summed E-state index contributed by atoms with van der Waals surface area (Å²) in [5.74, 6) is -1.34. The normalized spacial score (nSPS) is 10.2. The Morgan fingerprint density at radius 2 is 1.63 bits per heavy atom. The van der Waals surface area contributed by atoms with Crippen molar-refractivity contribution < 1.29 is 23.9 Å². The van der Waals surface area contributed by atoms with Crippen LogP contribution in [0.3, 0.4) is 0 Å². The number of amides is 1. The lowest BCUT2D eigenvalue weighted by Crippen LogP contribution is -2.21. The lowest BCUT2D eigenvalue weighted by Gasteiger charge is -2.08. The number of ether oxygens (including phenoxy) is 2. The SMILES string of the molecule is CCOC(=O)c1ccc(NC(=O)COC(=O)Cc2ccc(C)c(C)c2)cc1. The maximum absolute atomic E-state index is 11.9. The van der Waals surface area contributed by atoms with Crippen LogP contribution in [0.5, 0.6) is 0 Å². The Hall–Kier alpha value is -3.15. The van der Waals surface area contributed by atoms with Crippen LogP contribution in [-0.2, 0) is 25.5 Å². The standard InChI is InChI=1S/C21H23NO5/c1-4-26-21(25)17-7-9-18(10-8-17)22-19(23)13-27-20(24)12-16-6-5-14(2)15(3)11-16/h5-11H,4,12-13H2,1-3H3,(H,22,23). The van der Waals surface area contributed by atoms with Gasteiger partial charge in [0.1, 0.15) is 0 Å². The number of hydrogen-bond acceptors (Lipinski definition) is 5. The third-order valence-corrected chi connectivity index (χ3v) is 3.96. The minimum absolute atomic E-state index is 0.114. The molecule has 0 aliphatic carbocycles. The predicted molar refractivity (Wildman–Crippen MR) is 102 cm³/mol. The molecule has 27 heavy (non-hydrogen) atoms. The lowest BCUT2D eigenvalue weighted by molar-refractivity contribution is -0.146. The second-order valence-corrected chi connectivity index (χ2v) is 6.10. The minimum atomic E-state index is -0.467.